The Labute approximate surface area is 137 Å². The average Bonchev–Trinajstić information content (AvgIpc) is 2.75. The fourth-order valence-electron chi connectivity index (χ4n) is 2.36. The zero-order valence-corrected chi connectivity index (χ0v) is 14.0. The number of benzene rings is 1. The number of halogens is 1. The Hall–Kier alpha value is -2.34. The first-order valence-electron chi connectivity index (χ1n) is 7.09. The lowest BCUT2D eigenvalue weighted by Gasteiger charge is -2.10. The van der Waals surface area contributed by atoms with Crippen molar-refractivity contribution in [3.05, 3.63) is 45.8 Å². The second-order valence-electron chi connectivity index (χ2n) is 5.34. The molecule has 3 rings (SSSR count). The van der Waals surface area contributed by atoms with Crippen molar-refractivity contribution in [3.63, 3.8) is 0 Å². The first-order valence-corrected chi connectivity index (χ1v) is 7.91. The molecular weight excluding hydrogens is 315 g/mol. The minimum absolute atomic E-state index is 0.194. The lowest BCUT2D eigenvalue weighted by atomic mass is 10.1. The van der Waals surface area contributed by atoms with Gasteiger partial charge in [-0.05, 0) is 51.5 Å². The second-order valence-corrected chi connectivity index (χ2v) is 6.54. The Balaban J connectivity index is 2.18. The normalized spacial score (nSPS) is 11.0. The highest BCUT2D eigenvalue weighted by molar-refractivity contribution is 7.18. The summed E-state index contributed by atoms with van der Waals surface area (Å²) >= 11 is 1.57. The van der Waals surface area contributed by atoms with Crippen molar-refractivity contribution in [2.24, 2.45) is 0 Å². The summed E-state index contributed by atoms with van der Waals surface area (Å²) in [6.07, 6.45) is 0. The lowest BCUT2D eigenvalue weighted by molar-refractivity contribution is 0.101. The van der Waals surface area contributed by atoms with Crippen LogP contribution in [0.5, 0.6) is 11.6 Å². The molecule has 0 unspecified atom stereocenters. The van der Waals surface area contributed by atoms with Crippen molar-refractivity contribution in [2.75, 3.05) is 0 Å². The van der Waals surface area contributed by atoms with Gasteiger partial charge in [0.1, 0.15) is 22.2 Å². The summed E-state index contributed by atoms with van der Waals surface area (Å²) in [5.74, 6) is 0.527. The number of hydrogen-bond acceptors (Lipinski definition) is 5. The van der Waals surface area contributed by atoms with Gasteiger partial charge >= 0.3 is 0 Å². The number of thiophene rings is 1. The predicted molar refractivity (Wildman–Crippen MR) is 88.1 cm³/mol. The van der Waals surface area contributed by atoms with Crippen molar-refractivity contribution in [3.8, 4) is 11.6 Å². The van der Waals surface area contributed by atoms with Gasteiger partial charge in [0, 0.05) is 4.88 Å². The van der Waals surface area contributed by atoms with Crippen LogP contribution >= 0.6 is 11.3 Å². The summed E-state index contributed by atoms with van der Waals surface area (Å²) in [5, 5.41) is 0.830. The summed E-state index contributed by atoms with van der Waals surface area (Å²) in [6, 6.07) is 3.89. The molecule has 0 saturated heterocycles. The number of carbonyl (C=O) groups excluding carboxylic acids is 1. The minimum atomic E-state index is -0.478. The van der Waals surface area contributed by atoms with E-state index >= 15 is 0 Å². The van der Waals surface area contributed by atoms with Gasteiger partial charge in [0.2, 0.25) is 5.88 Å². The highest BCUT2D eigenvalue weighted by atomic mass is 32.1. The van der Waals surface area contributed by atoms with E-state index in [1.807, 2.05) is 13.8 Å². The molecule has 1 aromatic carbocycles. The number of fused-ring (bicyclic) bond motifs is 1. The highest BCUT2D eigenvalue weighted by Crippen LogP contribution is 2.37. The van der Waals surface area contributed by atoms with E-state index < -0.39 is 5.82 Å². The van der Waals surface area contributed by atoms with E-state index in [-0.39, 0.29) is 11.3 Å². The molecule has 0 aliphatic heterocycles. The lowest BCUT2D eigenvalue weighted by Crippen LogP contribution is -2.00. The van der Waals surface area contributed by atoms with Gasteiger partial charge in [-0.1, -0.05) is 0 Å². The average molecular weight is 330 g/mol. The van der Waals surface area contributed by atoms with Gasteiger partial charge in [-0.2, -0.15) is 4.98 Å². The SMILES string of the molecule is CC(=O)c1cc(F)ccc1Oc1nc(C)nc2sc(C)c(C)c12. The standard InChI is InChI=1S/C17H15FN2O2S/c1-8-10(3)23-17-15(8)16(19-11(4)20-17)22-14-6-5-12(18)7-13(14)9(2)21/h5-7H,1-4H3. The molecule has 23 heavy (non-hydrogen) atoms. The number of rotatable bonds is 3. The number of Topliss-reactive ketones (excluding diaryl/α,β-unsaturated/α-hetero) is 1. The second kappa shape index (κ2) is 5.70. The Morgan fingerprint density at radius 2 is 1.96 bits per heavy atom. The van der Waals surface area contributed by atoms with Gasteiger partial charge in [-0.3, -0.25) is 4.79 Å². The van der Waals surface area contributed by atoms with Crippen molar-refractivity contribution in [2.45, 2.75) is 27.7 Å². The van der Waals surface area contributed by atoms with Crippen molar-refractivity contribution < 1.29 is 13.9 Å². The number of aromatic nitrogens is 2. The van der Waals surface area contributed by atoms with Gasteiger partial charge in [-0.15, -0.1) is 11.3 Å². The molecule has 0 aliphatic carbocycles. The van der Waals surface area contributed by atoms with Crippen molar-refractivity contribution in [1.82, 2.24) is 9.97 Å². The van der Waals surface area contributed by atoms with E-state index in [9.17, 15) is 9.18 Å². The quantitative estimate of drug-likeness (QED) is 0.650. The Morgan fingerprint density at radius 1 is 1.22 bits per heavy atom. The maximum Gasteiger partial charge on any atom is 0.231 e. The molecular formula is C17H15FN2O2S. The predicted octanol–water partition coefficient (Wildman–Crippen LogP) is 4.75. The summed E-state index contributed by atoms with van der Waals surface area (Å²) in [5.41, 5.74) is 1.24. The van der Waals surface area contributed by atoms with Gasteiger partial charge in [0.25, 0.3) is 0 Å². The minimum Gasteiger partial charge on any atom is -0.437 e. The fourth-order valence-corrected chi connectivity index (χ4v) is 3.42. The van der Waals surface area contributed by atoms with Crippen LogP contribution < -0.4 is 4.74 Å². The van der Waals surface area contributed by atoms with Crippen LogP contribution in [0.2, 0.25) is 0 Å². The third-order valence-electron chi connectivity index (χ3n) is 3.63. The molecule has 0 fully saturated rings. The molecule has 3 aromatic rings. The summed E-state index contributed by atoms with van der Waals surface area (Å²) in [6.45, 7) is 7.16. The van der Waals surface area contributed by atoms with Gasteiger partial charge < -0.3 is 4.74 Å². The number of ether oxygens (including phenoxy) is 1. The summed E-state index contributed by atoms with van der Waals surface area (Å²) in [7, 11) is 0. The smallest absolute Gasteiger partial charge is 0.231 e. The van der Waals surface area contributed by atoms with Gasteiger partial charge in [-0.25, -0.2) is 9.37 Å². The molecule has 4 nitrogen and oxygen atoms in total. The maximum absolute atomic E-state index is 13.4. The molecule has 0 bridgehead atoms. The molecule has 0 saturated carbocycles. The number of nitrogens with zero attached hydrogens (tertiary/aromatic N) is 2. The number of aryl methyl sites for hydroxylation is 3. The van der Waals surface area contributed by atoms with Crippen LogP contribution in [0, 0.1) is 26.6 Å². The Kier molecular flexibility index (Phi) is 3.85. The summed E-state index contributed by atoms with van der Waals surface area (Å²) in [4.78, 5) is 22.5. The Morgan fingerprint density at radius 3 is 2.65 bits per heavy atom. The number of hydrogen-bond donors (Lipinski definition) is 0. The third kappa shape index (κ3) is 2.82. The fraction of sp³-hybridized carbons (Fsp3) is 0.235. The topological polar surface area (TPSA) is 52.1 Å². The molecule has 2 aromatic heterocycles. The highest BCUT2D eigenvalue weighted by Gasteiger charge is 2.17. The van der Waals surface area contributed by atoms with E-state index in [0.717, 1.165) is 20.7 Å². The largest absolute Gasteiger partial charge is 0.437 e. The molecule has 0 spiro atoms. The van der Waals surface area contributed by atoms with E-state index in [1.165, 1.54) is 25.1 Å². The van der Waals surface area contributed by atoms with E-state index in [0.29, 0.717) is 17.5 Å². The first kappa shape index (κ1) is 15.6. The molecule has 2 heterocycles. The molecule has 0 N–H and O–H groups in total. The molecule has 0 aliphatic rings. The zero-order valence-electron chi connectivity index (χ0n) is 13.2. The zero-order chi connectivity index (χ0) is 16.7. The van der Waals surface area contributed by atoms with Gasteiger partial charge in [0.15, 0.2) is 5.78 Å². The van der Waals surface area contributed by atoms with Crippen LogP contribution in [-0.4, -0.2) is 15.8 Å². The third-order valence-corrected chi connectivity index (χ3v) is 4.74. The Bertz CT molecular complexity index is 934. The molecule has 6 heteroatoms. The van der Waals surface area contributed by atoms with Crippen LogP contribution in [0.3, 0.4) is 0 Å². The van der Waals surface area contributed by atoms with Crippen molar-refractivity contribution >= 4 is 27.3 Å². The maximum atomic E-state index is 13.4. The number of carbonyl (C=O) groups is 1. The van der Waals surface area contributed by atoms with E-state index in [1.54, 1.807) is 18.3 Å². The van der Waals surface area contributed by atoms with Gasteiger partial charge in [0.05, 0.1) is 10.9 Å². The van der Waals surface area contributed by atoms with Crippen LogP contribution in [-0.2, 0) is 0 Å². The summed E-state index contributed by atoms with van der Waals surface area (Å²) < 4.78 is 19.3. The monoisotopic (exact) mass is 330 g/mol. The molecule has 0 radical (unpaired) electrons. The molecule has 0 amide bonds. The van der Waals surface area contributed by atoms with Crippen molar-refractivity contribution in [1.29, 1.82) is 0 Å². The molecule has 118 valence electrons. The van der Waals surface area contributed by atoms with Crippen LogP contribution in [0.25, 0.3) is 10.2 Å². The van der Waals surface area contributed by atoms with Crippen LogP contribution in [0.4, 0.5) is 4.39 Å². The van der Waals surface area contributed by atoms with E-state index in [4.69, 9.17) is 4.74 Å². The van der Waals surface area contributed by atoms with Crippen LogP contribution in [0.15, 0.2) is 18.2 Å². The van der Waals surface area contributed by atoms with Crippen LogP contribution in [0.1, 0.15) is 33.5 Å². The molecule has 0 atom stereocenters. The number of ketones is 1. The van der Waals surface area contributed by atoms with E-state index in [2.05, 4.69) is 9.97 Å². The first-order chi connectivity index (χ1) is 10.9.